The second-order valence-corrected chi connectivity index (χ2v) is 5.66. The molecule has 0 radical (unpaired) electrons. The molecular formula is C14H19ClN2O. The molecule has 2 heterocycles. The van der Waals surface area contributed by atoms with Crippen molar-refractivity contribution in [3.8, 4) is 5.75 Å². The van der Waals surface area contributed by atoms with Gasteiger partial charge in [-0.3, -0.25) is 4.90 Å². The second-order valence-electron chi connectivity index (χ2n) is 5.22. The molecule has 1 aromatic rings. The smallest absolute Gasteiger partial charge is 0.123 e. The lowest BCUT2D eigenvalue weighted by Gasteiger charge is -2.25. The lowest BCUT2D eigenvalue weighted by molar-refractivity contribution is 0.143. The fourth-order valence-corrected chi connectivity index (χ4v) is 3.25. The fraction of sp³-hybridized carbons (Fsp3) is 0.571. The topological polar surface area (TPSA) is 38.5 Å². The largest absolute Gasteiger partial charge is 0.488 e. The Balaban J connectivity index is 1.64. The predicted molar refractivity (Wildman–Crippen MR) is 73.2 cm³/mol. The summed E-state index contributed by atoms with van der Waals surface area (Å²) in [6.07, 6.45) is 3.70. The van der Waals surface area contributed by atoms with Gasteiger partial charge in [0.05, 0.1) is 0 Å². The van der Waals surface area contributed by atoms with Crippen LogP contribution in [0.2, 0.25) is 5.02 Å². The molecular weight excluding hydrogens is 248 g/mol. The third kappa shape index (κ3) is 2.35. The van der Waals surface area contributed by atoms with Crippen molar-refractivity contribution >= 4 is 11.6 Å². The monoisotopic (exact) mass is 266 g/mol. The van der Waals surface area contributed by atoms with Crippen molar-refractivity contribution in [2.75, 3.05) is 19.6 Å². The zero-order valence-corrected chi connectivity index (χ0v) is 11.2. The Morgan fingerprint density at radius 2 is 2.33 bits per heavy atom. The zero-order valence-electron chi connectivity index (χ0n) is 10.4. The molecule has 2 N–H and O–H groups in total. The summed E-state index contributed by atoms with van der Waals surface area (Å²) in [7, 11) is 0. The molecule has 0 amide bonds. The van der Waals surface area contributed by atoms with Crippen molar-refractivity contribution in [3.63, 3.8) is 0 Å². The van der Waals surface area contributed by atoms with E-state index in [-0.39, 0.29) is 6.10 Å². The van der Waals surface area contributed by atoms with Gasteiger partial charge >= 0.3 is 0 Å². The third-order valence-electron chi connectivity index (χ3n) is 3.97. The standard InChI is InChI=1S/C14H19ClN2O/c15-11-3-4-14-10(6-11)7-13(18-14)9-17-5-1-2-12(17)8-16/h3-4,6,12-13H,1-2,5,7-9,16H2. The van der Waals surface area contributed by atoms with Crippen LogP contribution in [0.25, 0.3) is 0 Å². The molecule has 0 aliphatic carbocycles. The quantitative estimate of drug-likeness (QED) is 0.910. The van der Waals surface area contributed by atoms with Gasteiger partial charge in [-0.15, -0.1) is 0 Å². The number of nitrogens with zero attached hydrogens (tertiary/aromatic N) is 1. The van der Waals surface area contributed by atoms with Crippen LogP contribution in [-0.2, 0) is 6.42 Å². The van der Waals surface area contributed by atoms with Gasteiger partial charge in [0.15, 0.2) is 0 Å². The van der Waals surface area contributed by atoms with Crippen molar-refractivity contribution in [2.24, 2.45) is 5.73 Å². The highest BCUT2D eigenvalue weighted by Gasteiger charge is 2.30. The summed E-state index contributed by atoms with van der Waals surface area (Å²) >= 11 is 6.00. The summed E-state index contributed by atoms with van der Waals surface area (Å²) in [6, 6.07) is 6.42. The molecule has 2 aliphatic heterocycles. The van der Waals surface area contributed by atoms with Gasteiger partial charge in [-0.05, 0) is 43.1 Å². The van der Waals surface area contributed by atoms with Crippen LogP contribution in [0.3, 0.4) is 0 Å². The summed E-state index contributed by atoms with van der Waals surface area (Å²) in [5.41, 5.74) is 7.03. The van der Waals surface area contributed by atoms with Crippen molar-refractivity contribution in [1.29, 1.82) is 0 Å². The van der Waals surface area contributed by atoms with Gasteiger partial charge in [0, 0.05) is 30.6 Å². The van der Waals surface area contributed by atoms with Crippen LogP contribution in [0.5, 0.6) is 5.75 Å². The molecule has 1 saturated heterocycles. The average molecular weight is 267 g/mol. The number of rotatable bonds is 3. The maximum Gasteiger partial charge on any atom is 0.123 e. The first kappa shape index (κ1) is 12.3. The van der Waals surface area contributed by atoms with E-state index in [9.17, 15) is 0 Å². The minimum atomic E-state index is 0.255. The molecule has 2 aliphatic rings. The van der Waals surface area contributed by atoms with E-state index in [1.165, 1.54) is 18.4 Å². The number of halogens is 1. The number of nitrogens with two attached hydrogens (primary N) is 1. The summed E-state index contributed by atoms with van der Waals surface area (Å²) < 4.78 is 5.98. The Labute approximate surface area is 113 Å². The van der Waals surface area contributed by atoms with Crippen LogP contribution >= 0.6 is 11.6 Å². The SMILES string of the molecule is NCC1CCCN1CC1Cc2cc(Cl)ccc2O1. The molecule has 4 heteroatoms. The molecule has 1 fully saturated rings. The van der Waals surface area contributed by atoms with E-state index in [0.29, 0.717) is 6.04 Å². The van der Waals surface area contributed by atoms with Gasteiger partial charge in [-0.2, -0.15) is 0 Å². The van der Waals surface area contributed by atoms with Gasteiger partial charge in [-0.1, -0.05) is 11.6 Å². The van der Waals surface area contributed by atoms with Gasteiger partial charge in [-0.25, -0.2) is 0 Å². The minimum Gasteiger partial charge on any atom is -0.488 e. The molecule has 2 atom stereocenters. The Morgan fingerprint density at radius 3 is 3.17 bits per heavy atom. The van der Waals surface area contributed by atoms with Crippen molar-refractivity contribution in [1.82, 2.24) is 4.90 Å². The van der Waals surface area contributed by atoms with Crippen LogP contribution in [0.4, 0.5) is 0 Å². The van der Waals surface area contributed by atoms with Gasteiger partial charge < -0.3 is 10.5 Å². The normalized spacial score (nSPS) is 27.2. The Morgan fingerprint density at radius 1 is 1.44 bits per heavy atom. The molecule has 98 valence electrons. The van der Waals surface area contributed by atoms with E-state index in [4.69, 9.17) is 22.1 Å². The highest BCUT2D eigenvalue weighted by molar-refractivity contribution is 6.30. The van der Waals surface area contributed by atoms with Crippen molar-refractivity contribution in [2.45, 2.75) is 31.4 Å². The van der Waals surface area contributed by atoms with Gasteiger partial charge in [0.25, 0.3) is 0 Å². The average Bonchev–Trinajstić information content (AvgIpc) is 2.94. The number of fused-ring (bicyclic) bond motifs is 1. The van der Waals surface area contributed by atoms with Crippen LogP contribution in [-0.4, -0.2) is 36.7 Å². The van der Waals surface area contributed by atoms with E-state index in [1.54, 1.807) is 0 Å². The van der Waals surface area contributed by atoms with Crippen LogP contribution in [0.15, 0.2) is 18.2 Å². The molecule has 0 aromatic heterocycles. The maximum atomic E-state index is 6.00. The van der Waals surface area contributed by atoms with Crippen LogP contribution in [0, 0.1) is 0 Å². The zero-order chi connectivity index (χ0) is 12.5. The number of ether oxygens (including phenoxy) is 1. The highest BCUT2D eigenvalue weighted by atomic mass is 35.5. The van der Waals surface area contributed by atoms with Crippen molar-refractivity contribution < 1.29 is 4.74 Å². The Hall–Kier alpha value is -0.770. The Kier molecular flexibility index (Phi) is 3.46. The molecule has 18 heavy (non-hydrogen) atoms. The first-order valence-corrected chi connectivity index (χ1v) is 7.03. The molecule has 0 bridgehead atoms. The number of hydrogen-bond acceptors (Lipinski definition) is 3. The molecule has 0 spiro atoms. The number of hydrogen-bond donors (Lipinski definition) is 1. The number of benzene rings is 1. The summed E-state index contributed by atoms with van der Waals surface area (Å²) in [5.74, 6) is 0.993. The first-order chi connectivity index (χ1) is 8.76. The molecule has 3 nitrogen and oxygen atoms in total. The van der Waals surface area contributed by atoms with E-state index >= 15 is 0 Å². The van der Waals surface area contributed by atoms with E-state index < -0.39 is 0 Å². The van der Waals surface area contributed by atoms with E-state index in [2.05, 4.69) is 4.90 Å². The molecule has 1 aromatic carbocycles. The highest BCUT2D eigenvalue weighted by Crippen LogP contribution is 2.32. The maximum absolute atomic E-state index is 6.00. The van der Waals surface area contributed by atoms with Gasteiger partial charge in [0.2, 0.25) is 0 Å². The van der Waals surface area contributed by atoms with E-state index in [1.807, 2.05) is 18.2 Å². The van der Waals surface area contributed by atoms with Crippen molar-refractivity contribution in [3.05, 3.63) is 28.8 Å². The fourth-order valence-electron chi connectivity index (χ4n) is 3.05. The summed E-state index contributed by atoms with van der Waals surface area (Å²) in [4.78, 5) is 2.47. The Bertz CT molecular complexity index is 438. The molecule has 0 saturated carbocycles. The lowest BCUT2D eigenvalue weighted by atomic mass is 10.1. The second kappa shape index (κ2) is 5.08. The predicted octanol–water partition coefficient (Wildman–Crippen LogP) is 2.07. The van der Waals surface area contributed by atoms with Gasteiger partial charge in [0.1, 0.15) is 11.9 Å². The summed E-state index contributed by atoms with van der Waals surface area (Å²) in [5, 5.41) is 0.791. The number of likely N-dealkylation sites (tertiary alicyclic amines) is 1. The third-order valence-corrected chi connectivity index (χ3v) is 4.21. The van der Waals surface area contributed by atoms with E-state index in [0.717, 1.165) is 36.8 Å². The van der Waals surface area contributed by atoms with Crippen LogP contribution < -0.4 is 10.5 Å². The van der Waals surface area contributed by atoms with Crippen LogP contribution in [0.1, 0.15) is 18.4 Å². The molecule has 3 rings (SSSR count). The first-order valence-electron chi connectivity index (χ1n) is 6.65. The molecule has 2 unspecified atom stereocenters. The minimum absolute atomic E-state index is 0.255. The lowest BCUT2D eigenvalue weighted by Crippen LogP contribution is -2.41. The summed E-state index contributed by atoms with van der Waals surface area (Å²) in [6.45, 7) is 2.89.